The van der Waals surface area contributed by atoms with Crippen LogP contribution in [0.4, 0.5) is 11.8 Å². The summed E-state index contributed by atoms with van der Waals surface area (Å²) >= 11 is 0. The van der Waals surface area contributed by atoms with Crippen LogP contribution in [0.1, 0.15) is 11.1 Å². The van der Waals surface area contributed by atoms with Crippen LogP contribution in [0, 0.1) is 0 Å². The lowest BCUT2D eigenvalue weighted by atomic mass is 10.2. The lowest BCUT2D eigenvalue weighted by molar-refractivity contribution is 0.356. The molecule has 0 aliphatic rings. The smallest absolute Gasteiger partial charge is 0.225 e. The van der Waals surface area contributed by atoms with Crippen LogP contribution in [0.2, 0.25) is 0 Å². The third kappa shape index (κ3) is 4.41. The van der Waals surface area contributed by atoms with Gasteiger partial charge in [0.15, 0.2) is 11.5 Å². The molecule has 2 aromatic carbocycles. The highest BCUT2D eigenvalue weighted by atomic mass is 16.5. The van der Waals surface area contributed by atoms with E-state index in [1.165, 1.54) is 0 Å². The van der Waals surface area contributed by atoms with Crippen LogP contribution in [-0.4, -0.2) is 29.2 Å². The number of nitrogens with one attached hydrogen (secondary N) is 2. The van der Waals surface area contributed by atoms with Crippen molar-refractivity contribution in [2.75, 3.05) is 24.9 Å². The Kier molecular flexibility index (Phi) is 5.89. The monoisotopic (exact) mass is 401 g/mol. The minimum atomic E-state index is 0.522. The molecule has 0 radical (unpaired) electrons. The molecule has 2 N–H and O–H groups in total. The second-order valence-electron chi connectivity index (χ2n) is 6.67. The highest BCUT2D eigenvalue weighted by Gasteiger charge is 2.13. The molecule has 152 valence electrons. The van der Waals surface area contributed by atoms with Crippen molar-refractivity contribution in [3.8, 4) is 11.5 Å². The molecule has 0 saturated heterocycles. The first kappa shape index (κ1) is 19.4. The van der Waals surface area contributed by atoms with E-state index < -0.39 is 0 Å². The van der Waals surface area contributed by atoms with Gasteiger partial charge in [-0.1, -0.05) is 36.4 Å². The third-order valence-corrected chi connectivity index (χ3v) is 4.68. The second-order valence-corrected chi connectivity index (χ2v) is 6.67. The van der Waals surface area contributed by atoms with Gasteiger partial charge in [0.25, 0.3) is 0 Å². The van der Waals surface area contributed by atoms with Crippen molar-refractivity contribution in [1.29, 1.82) is 0 Å². The fourth-order valence-corrected chi connectivity index (χ4v) is 3.13. The third-order valence-electron chi connectivity index (χ3n) is 4.68. The van der Waals surface area contributed by atoms with Crippen LogP contribution in [-0.2, 0) is 13.1 Å². The number of aromatic nitrogens is 3. The topological polar surface area (TPSA) is 81.2 Å². The zero-order chi connectivity index (χ0) is 20.8. The summed E-state index contributed by atoms with van der Waals surface area (Å²) in [4.78, 5) is 13.5. The molecule has 7 nitrogen and oxygen atoms in total. The quantitative estimate of drug-likeness (QED) is 0.456. The van der Waals surface area contributed by atoms with Crippen LogP contribution < -0.4 is 20.1 Å². The van der Waals surface area contributed by atoms with Gasteiger partial charge in [0, 0.05) is 36.9 Å². The predicted octanol–water partition coefficient (Wildman–Crippen LogP) is 4.27. The van der Waals surface area contributed by atoms with Gasteiger partial charge >= 0.3 is 0 Å². The van der Waals surface area contributed by atoms with E-state index in [0.717, 1.165) is 27.8 Å². The van der Waals surface area contributed by atoms with E-state index in [4.69, 9.17) is 14.5 Å². The Bertz CT molecular complexity index is 1120. The zero-order valence-corrected chi connectivity index (χ0v) is 16.9. The van der Waals surface area contributed by atoms with Crippen LogP contribution in [0.25, 0.3) is 10.9 Å². The van der Waals surface area contributed by atoms with Gasteiger partial charge in [-0.2, -0.15) is 4.98 Å². The van der Waals surface area contributed by atoms with Crippen LogP contribution in [0.3, 0.4) is 0 Å². The Balaban J connectivity index is 1.69. The van der Waals surface area contributed by atoms with E-state index in [-0.39, 0.29) is 0 Å². The molecule has 2 aromatic heterocycles. The first-order valence-corrected chi connectivity index (χ1v) is 9.61. The van der Waals surface area contributed by atoms with Gasteiger partial charge < -0.3 is 20.1 Å². The molecule has 0 atom stereocenters. The van der Waals surface area contributed by atoms with E-state index in [1.54, 1.807) is 20.4 Å². The molecular formula is C23H23N5O2. The first-order chi connectivity index (χ1) is 14.8. The summed E-state index contributed by atoms with van der Waals surface area (Å²) in [6.07, 6.45) is 3.57. The van der Waals surface area contributed by atoms with E-state index >= 15 is 0 Å². The van der Waals surface area contributed by atoms with Crippen molar-refractivity contribution >= 4 is 22.7 Å². The van der Waals surface area contributed by atoms with E-state index in [2.05, 4.69) is 32.7 Å². The summed E-state index contributed by atoms with van der Waals surface area (Å²) in [5.41, 5.74) is 2.97. The average Bonchev–Trinajstić information content (AvgIpc) is 2.81. The van der Waals surface area contributed by atoms with Crippen molar-refractivity contribution in [2.45, 2.75) is 13.1 Å². The number of ether oxygens (including phenoxy) is 2. The van der Waals surface area contributed by atoms with E-state index in [1.807, 2.05) is 48.7 Å². The maximum absolute atomic E-state index is 5.47. The second kappa shape index (κ2) is 9.09. The molecule has 7 heteroatoms. The molecule has 0 spiro atoms. The van der Waals surface area contributed by atoms with Gasteiger partial charge in [0.05, 0.1) is 19.7 Å². The molecule has 4 rings (SSSR count). The molecule has 2 heterocycles. The summed E-state index contributed by atoms with van der Waals surface area (Å²) in [6.45, 7) is 1.22. The molecule has 0 fully saturated rings. The molecule has 0 bridgehead atoms. The normalized spacial score (nSPS) is 10.6. The number of benzene rings is 2. The fraction of sp³-hybridized carbons (Fsp3) is 0.174. The summed E-state index contributed by atoms with van der Waals surface area (Å²) in [5, 5.41) is 7.57. The molecule has 0 aliphatic carbocycles. The number of fused-ring (bicyclic) bond motifs is 1. The SMILES string of the molecule is COc1cc2nc(NCc3cccnc3)nc(NCc3ccccc3)c2cc1OC. The molecule has 0 unspecified atom stereocenters. The van der Waals surface area contributed by atoms with Crippen molar-refractivity contribution in [3.63, 3.8) is 0 Å². The summed E-state index contributed by atoms with van der Waals surface area (Å²) < 4.78 is 10.9. The van der Waals surface area contributed by atoms with Gasteiger partial charge in [0.1, 0.15) is 5.82 Å². The molecule has 0 saturated carbocycles. The molecule has 0 aliphatic heterocycles. The van der Waals surface area contributed by atoms with Crippen molar-refractivity contribution in [2.24, 2.45) is 0 Å². The Morgan fingerprint density at radius 1 is 0.800 bits per heavy atom. The minimum Gasteiger partial charge on any atom is -0.493 e. The number of methoxy groups -OCH3 is 2. The van der Waals surface area contributed by atoms with Crippen LogP contribution in [0.15, 0.2) is 67.0 Å². The fourth-order valence-electron chi connectivity index (χ4n) is 3.13. The Morgan fingerprint density at radius 3 is 2.27 bits per heavy atom. The molecular weight excluding hydrogens is 378 g/mol. The van der Waals surface area contributed by atoms with Crippen molar-refractivity contribution in [1.82, 2.24) is 15.0 Å². The zero-order valence-electron chi connectivity index (χ0n) is 16.9. The van der Waals surface area contributed by atoms with Crippen molar-refractivity contribution < 1.29 is 9.47 Å². The maximum atomic E-state index is 5.47. The van der Waals surface area contributed by atoms with Gasteiger partial charge in [-0.05, 0) is 23.3 Å². The highest BCUT2D eigenvalue weighted by Crippen LogP contribution is 2.34. The number of anilines is 2. The lowest BCUT2D eigenvalue weighted by Gasteiger charge is -2.14. The number of pyridine rings is 1. The van der Waals surface area contributed by atoms with Gasteiger partial charge in [-0.3, -0.25) is 4.98 Å². The number of hydrogen-bond acceptors (Lipinski definition) is 7. The number of nitrogens with zero attached hydrogens (tertiary/aromatic N) is 3. The van der Waals surface area contributed by atoms with E-state index in [0.29, 0.717) is 30.5 Å². The van der Waals surface area contributed by atoms with Gasteiger partial charge in [-0.25, -0.2) is 4.98 Å². The summed E-state index contributed by atoms with van der Waals surface area (Å²) in [6, 6.07) is 17.8. The average molecular weight is 401 g/mol. The minimum absolute atomic E-state index is 0.522. The van der Waals surface area contributed by atoms with Crippen LogP contribution >= 0.6 is 0 Å². The summed E-state index contributed by atoms with van der Waals surface area (Å²) in [5.74, 6) is 2.50. The first-order valence-electron chi connectivity index (χ1n) is 9.61. The molecule has 0 amide bonds. The Hall–Kier alpha value is -3.87. The van der Waals surface area contributed by atoms with Gasteiger partial charge in [-0.15, -0.1) is 0 Å². The summed E-state index contributed by atoms with van der Waals surface area (Å²) in [7, 11) is 3.23. The number of hydrogen-bond donors (Lipinski definition) is 2. The predicted molar refractivity (Wildman–Crippen MR) is 118 cm³/mol. The van der Waals surface area contributed by atoms with Crippen LogP contribution in [0.5, 0.6) is 11.5 Å². The standard InChI is InChI=1S/C23H23N5O2/c1-29-20-11-18-19(12-21(20)30-2)27-23(26-15-17-9-6-10-24-13-17)28-22(18)25-14-16-7-4-3-5-8-16/h3-13H,14-15H2,1-2H3,(H2,25,26,27,28). The lowest BCUT2D eigenvalue weighted by Crippen LogP contribution is -2.08. The molecule has 30 heavy (non-hydrogen) atoms. The highest BCUT2D eigenvalue weighted by molar-refractivity contribution is 5.92. The van der Waals surface area contributed by atoms with Crippen molar-refractivity contribution in [3.05, 3.63) is 78.1 Å². The van der Waals surface area contributed by atoms with E-state index in [9.17, 15) is 0 Å². The number of rotatable bonds is 8. The Labute approximate surface area is 175 Å². The Morgan fingerprint density at radius 2 is 1.53 bits per heavy atom. The maximum Gasteiger partial charge on any atom is 0.225 e. The van der Waals surface area contributed by atoms with Gasteiger partial charge in [0.2, 0.25) is 5.95 Å². The largest absolute Gasteiger partial charge is 0.493 e. The molecule has 4 aromatic rings.